The summed E-state index contributed by atoms with van der Waals surface area (Å²) in [5.74, 6) is 0.680. The van der Waals surface area contributed by atoms with E-state index < -0.39 is 6.10 Å². The fourth-order valence-electron chi connectivity index (χ4n) is 2.57. The summed E-state index contributed by atoms with van der Waals surface area (Å²) in [6, 6.07) is 10.1. The molecule has 6 nitrogen and oxygen atoms in total. The highest BCUT2D eigenvalue weighted by atomic mass is 16.3. The first kappa shape index (κ1) is 20.0. The van der Waals surface area contributed by atoms with E-state index in [1.54, 1.807) is 10.9 Å². The zero-order chi connectivity index (χ0) is 19.2. The molecule has 0 amide bonds. The number of rotatable bonds is 6. The lowest BCUT2D eigenvalue weighted by Gasteiger charge is -2.20. The lowest BCUT2D eigenvalue weighted by Crippen LogP contribution is -2.39. The van der Waals surface area contributed by atoms with Crippen LogP contribution >= 0.6 is 0 Å². The molecule has 1 aromatic heterocycles. The monoisotopic (exact) mass is 357 g/mol. The Kier molecular flexibility index (Phi) is 6.80. The van der Waals surface area contributed by atoms with E-state index in [-0.39, 0.29) is 5.41 Å². The van der Waals surface area contributed by atoms with Crippen molar-refractivity contribution in [1.82, 2.24) is 20.4 Å². The van der Waals surface area contributed by atoms with Gasteiger partial charge >= 0.3 is 0 Å². The number of benzene rings is 1. The van der Waals surface area contributed by atoms with Crippen molar-refractivity contribution in [3.05, 3.63) is 53.3 Å². The van der Waals surface area contributed by atoms with Gasteiger partial charge in [-0.25, -0.2) is 4.99 Å². The zero-order valence-electron chi connectivity index (χ0n) is 16.5. The van der Waals surface area contributed by atoms with Gasteiger partial charge in [0.25, 0.3) is 0 Å². The predicted molar refractivity (Wildman–Crippen MR) is 106 cm³/mol. The largest absolute Gasteiger partial charge is 0.387 e. The van der Waals surface area contributed by atoms with Crippen molar-refractivity contribution in [1.29, 1.82) is 0 Å². The van der Waals surface area contributed by atoms with Gasteiger partial charge in [-0.1, -0.05) is 45.0 Å². The molecule has 0 aliphatic rings. The van der Waals surface area contributed by atoms with Crippen LogP contribution < -0.4 is 10.6 Å². The Labute approximate surface area is 156 Å². The molecule has 0 aliphatic heterocycles. The molecule has 0 spiro atoms. The van der Waals surface area contributed by atoms with Gasteiger partial charge in [0.15, 0.2) is 5.96 Å². The summed E-state index contributed by atoms with van der Waals surface area (Å²) >= 11 is 0. The Hall–Kier alpha value is -2.34. The molecule has 0 saturated carbocycles. The first-order chi connectivity index (χ1) is 12.3. The Balaban J connectivity index is 1.96. The van der Waals surface area contributed by atoms with E-state index >= 15 is 0 Å². The average molecular weight is 358 g/mol. The van der Waals surface area contributed by atoms with Crippen molar-refractivity contribution in [2.45, 2.75) is 45.8 Å². The highest BCUT2D eigenvalue weighted by Gasteiger charge is 2.15. The number of nitrogens with zero attached hydrogens (tertiary/aromatic N) is 3. The number of hydrogen-bond donors (Lipinski definition) is 3. The minimum atomic E-state index is -0.593. The van der Waals surface area contributed by atoms with Gasteiger partial charge < -0.3 is 15.7 Å². The van der Waals surface area contributed by atoms with Crippen LogP contribution in [0.1, 0.15) is 50.6 Å². The smallest absolute Gasteiger partial charge is 0.191 e. The molecule has 1 heterocycles. The van der Waals surface area contributed by atoms with Gasteiger partial charge in [-0.15, -0.1) is 0 Å². The van der Waals surface area contributed by atoms with Crippen LogP contribution in [0.4, 0.5) is 0 Å². The summed E-state index contributed by atoms with van der Waals surface area (Å²) in [5.41, 5.74) is 3.29. The van der Waals surface area contributed by atoms with Crippen LogP contribution in [0.2, 0.25) is 0 Å². The molecule has 6 heteroatoms. The van der Waals surface area contributed by atoms with E-state index in [1.165, 1.54) is 5.56 Å². The molecule has 0 fully saturated rings. The third-order valence-electron chi connectivity index (χ3n) is 4.29. The van der Waals surface area contributed by atoms with Gasteiger partial charge in [-0.3, -0.25) is 4.68 Å². The molecule has 1 unspecified atom stereocenters. The Morgan fingerprint density at radius 1 is 1.19 bits per heavy atom. The fraction of sp³-hybridized carbons (Fsp3) is 0.500. The summed E-state index contributed by atoms with van der Waals surface area (Å²) in [6.45, 7) is 10.2. The van der Waals surface area contributed by atoms with Crippen LogP contribution in [0.5, 0.6) is 0 Å². The van der Waals surface area contributed by atoms with E-state index in [9.17, 15) is 5.11 Å². The zero-order valence-corrected chi connectivity index (χ0v) is 16.5. The van der Waals surface area contributed by atoms with Crippen LogP contribution in [0.25, 0.3) is 0 Å². The molecule has 1 aromatic carbocycles. The molecule has 0 saturated heterocycles. The molecular formula is C20H31N5O. The highest BCUT2D eigenvalue weighted by Crippen LogP contribution is 2.23. The molecule has 0 aliphatic carbocycles. The number of nitrogens with one attached hydrogen (secondary N) is 2. The summed E-state index contributed by atoms with van der Waals surface area (Å²) in [6.07, 6.45) is 1.17. The van der Waals surface area contributed by atoms with Crippen molar-refractivity contribution >= 4 is 5.96 Å². The normalized spacial score (nSPS) is 13.5. The number of aliphatic hydroxyl groups is 1. The second kappa shape index (κ2) is 8.85. The molecule has 2 aromatic rings. The van der Waals surface area contributed by atoms with E-state index in [0.29, 0.717) is 19.0 Å². The average Bonchev–Trinajstić information content (AvgIpc) is 3.01. The third kappa shape index (κ3) is 5.59. The van der Waals surface area contributed by atoms with Crippen molar-refractivity contribution in [3.8, 4) is 0 Å². The summed E-state index contributed by atoms with van der Waals surface area (Å²) < 4.78 is 1.80. The second-order valence-electron chi connectivity index (χ2n) is 7.41. The number of aromatic nitrogens is 2. The molecule has 26 heavy (non-hydrogen) atoms. The quantitative estimate of drug-likeness (QED) is 0.549. The van der Waals surface area contributed by atoms with E-state index in [1.807, 2.05) is 32.2 Å². The third-order valence-corrected chi connectivity index (χ3v) is 4.29. The van der Waals surface area contributed by atoms with Gasteiger partial charge in [0, 0.05) is 26.3 Å². The lowest BCUT2D eigenvalue weighted by molar-refractivity contribution is 0.181. The number of guanidine groups is 1. The van der Waals surface area contributed by atoms with Crippen molar-refractivity contribution in [2.24, 2.45) is 12.0 Å². The molecular weight excluding hydrogens is 326 g/mol. The molecule has 2 rings (SSSR count). The van der Waals surface area contributed by atoms with Crippen molar-refractivity contribution < 1.29 is 5.11 Å². The molecule has 3 N–H and O–H groups in total. The van der Waals surface area contributed by atoms with Crippen LogP contribution in [0.15, 0.2) is 41.5 Å². The minimum absolute atomic E-state index is 0.110. The Morgan fingerprint density at radius 2 is 1.88 bits per heavy atom. The second-order valence-corrected chi connectivity index (χ2v) is 7.41. The van der Waals surface area contributed by atoms with E-state index in [0.717, 1.165) is 17.8 Å². The fourth-order valence-corrected chi connectivity index (χ4v) is 2.57. The van der Waals surface area contributed by atoms with Crippen LogP contribution in [-0.4, -0.2) is 33.9 Å². The van der Waals surface area contributed by atoms with Crippen LogP contribution in [-0.2, 0) is 19.0 Å². The number of aryl methyl sites for hydroxylation is 1. The van der Waals surface area contributed by atoms with E-state index in [4.69, 9.17) is 0 Å². The molecule has 0 radical (unpaired) electrons. The maximum Gasteiger partial charge on any atom is 0.191 e. The van der Waals surface area contributed by atoms with Crippen molar-refractivity contribution in [3.63, 3.8) is 0 Å². The highest BCUT2D eigenvalue weighted by molar-refractivity contribution is 5.79. The molecule has 0 bridgehead atoms. The standard InChI is InChI=1S/C20H31N5O/c1-6-21-19(22-13-17-11-12-24-25(17)5)23-14-18(26)15-7-9-16(10-8-15)20(2,3)4/h7-12,18,26H,6,13-14H2,1-5H3,(H2,21,22,23). The van der Waals surface area contributed by atoms with Gasteiger partial charge in [-0.2, -0.15) is 5.10 Å². The van der Waals surface area contributed by atoms with Crippen LogP contribution in [0, 0.1) is 0 Å². The first-order valence-corrected chi connectivity index (χ1v) is 9.09. The molecule has 142 valence electrons. The molecule has 1 atom stereocenters. The van der Waals surface area contributed by atoms with Crippen LogP contribution in [0.3, 0.4) is 0 Å². The SMILES string of the molecule is CCNC(=NCc1ccnn1C)NCC(O)c1ccc(C(C)(C)C)cc1. The first-order valence-electron chi connectivity index (χ1n) is 9.09. The number of aliphatic imine (C=N–C) groups is 1. The number of aliphatic hydroxyl groups excluding tert-OH is 1. The van der Waals surface area contributed by atoms with Gasteiger partial charge in [0.05, 0.1) is 18.3 Å². The van der Waals surface area contributed by atoms with Gasteiger partial charge in [-0.05, 0) is 29.5 Å². The minimum Gasteiger partial charge on any atom is -0.387 e. The van der Waals surface area contributed by atoms with Gasteiger partial charge in [0.2, 0.25) is 0 Å². The summed E-state index contributed by atoms with van der Waals surface area (Å²) in [4.78, 5) is 4.55. The van der Waals surface area contributed by atoms with Gasteiger partial charge in [0.1, 0.15) is 0 Å². The topological polar surface area (TPSA) is 74.5 Å². The Bertz CT molecular complexity index is 713. The summed E-state index contributed by atoms with van der Waals surface area (Å²) in [7, 11) is 1.90. The van der Waals surface area contributed by atoms with Crippen molar-refractivity contribution in [2.75, 3.05) is 13.1 Å². The Morgan fingerprint density at radius 3 is 2.42 bits per heavy atom. The summed E-state index contributed by atoms with van der Waals surface area (Å²) in [5, 5.41) is 21.0. The maximum absolute atomic E-state index is 10.5. The lowest BCUT2D eigenvalue weighted by atomic mass is 9.86. The number of hydrogen-bond acceptors (Lipinski definition) is 3. The predicted octanol–water partition coefficient (Wildman–Crippen LogP) is 2.51. The maximum atomic E-state index is 10.5. The van der Waals surface area contributed by atoms with E-state index in [2.05, 4.69) is 53.6 Å².